The van der Waals surface area contributed by atoms with E-state index < -0.39 is 5.97 Å². The van der Waals surface area contributed by atoms with Crippen molar-refractivity contribution in [2.24, 2.45) is 0 Å². The molecule has 0 radical (unpaired) electrons. The van der Waals surface area contributed by atoms with Gasteiger partial charge in [0, 0.05) is 13.1 Å². The van der Waals surface area contributed by atoms with E-state index in [1.54, 1.807) is 12.1 Å². The summed E-state index contributed by atoms with van der Waals surface area (Å²) in [5, 5.41) is 12.2. The molecule has 1 saturated heterocycles. The van der Waals surface area contributed by atoms with Gasteiger partial charge >= 0.3 is 5.97 Å². The number of carbonyl (C=O) groups is 1. The Morgan fingerprint density at radius 2 is 2.11 bits per heavy atom. The van der Waals surface area contributed by atoms with E-state index in [1.807, 2.05) is 0 Å². The average molecular weight is 284 g/mol. The molecule has 5 nitrogen and oxygen atoms in total. The Morgan fingerprint density at radius 3 is 2.79 bits per heavy atom. The van der Waals surface area contributed by atoms with Crippen LogP contribution in [-0.4, -0.2) is 47.1 Å². The largest absolute Gasteiger partial charge is 0.476 e. The van der Waals surface area contributed by atoms with Crippen molar-refractivity contribution in [3.63, 3.8) is 0 Å². The summed E-state index contributed by atoms with van der Waals surface area (Å²) < 4.78 is 0. The highest BCUT2D eigenvalue weighted by atomic mass is 35.5. The van der Waals surface area contributed by atoms with Gasteiger partial charge in [-0.3, -0.25) is 0 Å². The molecule has 104 valence electrons. The van der Waals surface area contributed by atoms with E-state index in [9.17, 15) is 4.79 Å². The summed E-state index contributed by atoms with van der Waals surface area (Å²) >= 11 is 5.77. The van der Waals surface area contributed by atoms with Crippen molar-refractivity contribution in [1.29, 1.82) is 0 Å². The summed E-state index contributed by atoms with van der Waals surface area (Å²) in [6.45, 7) is 4.01. The molecule has 1 fully saturated rings. The van der Waals surface area contributed by atoms with Gasteiger partial charge in [-0.05, 0) is 38.1 Å². The number of hydrogen-bond acceptors (Lipinski definition) is 4. The molecular weight excluding hydrogens is 266 g/mol. The van der Waals surface area contributed by atoms with Gasteiger partial charge in [-0.1, -0.05) is 18.0 Å². The number of nitrogens with one attached hydrogen (secondary N) is 1. The van der Waals surface area contributed by atoms with E-state index in [2.05, 4.69) is 15.2 Å². The van der Waals surface area contributed by atoms with Crippen molar-refractivity contribution < 1.29 is 9.90 Å². The average Bonchev–Trinajstić information content (AvgIpc) is 2.41. The Kier molecular flexibility index (Phi) is 4.99. The lowest BCUT2D eigenvalue weighted by atomic mass is 10.1. The highest BCUT2D eigenvalue weighted by molar-refractivity contribution is 6.33. The maximum Gasteiger partial charge on any atom is 0.356 e. The Morgan fingerprint density at radius 1 is 1.37 bits per heavy atom. The van der Waals surface area contributed by atoms with Crippen LogP contribution >= 0.6 is 11.6 Å². The number of pyridine rings is 1. The van der Waals surface area contributed by atoms with Gasteiger partial charge in [-0.25, -0.2) is 9.78 Å². The van der Waals surface area contributed by atoms with Crippen LogP contribution in [0.15, 0.2) is 12.1 Å². The molecule has 2 heterocycles. The van der Waals surface area contributed by atoms with Crippen LogP contribution in [0.5, 0.6) is 0 Å². The van der Waals surface area contributed by atoms with E-state index in [0.29, 0.717) is 5.82 Å². The minimum absolute atomic E-state index is 0.107. The minimum Gasteiger partial charge on any atom is -0.476 e. The Hall–Kier alpha value is -1.33. The van der Waals surface area contributed by atoms with Crippen molar-refractivity contribution >= 4 is 23.4 Å². The molecule has 0 aliphatic carbocycles. The number of aromatic carboxylic acids is 1. The number of nitrogens with zero attached hydrogens (tertiary/aromatic N) is 2. The smallest absolute Gasteiger partial charge is 0.356 e. The third-order valence-corrected chi connectivity index (χ3v) is 3.54. The maximum atomic E-state index is 10.9. The summed E-state index contributed by atoms with van der Waals surface area (Å²) in [5.41, 5.74) is -0.107. The van der Waals surface area contributed by atoms with Crippen LogP contribution in [0.4, 0.5) is 5.82 Å². The number of aromatic nitrogens is 1. The topological polar surface area (TPSA) is 65.5 Å². The third kappa shape index (κ3) is 4.08. The lowest BCUT2D eigenvalue weighted by molar-refractivity contribution is 0.0691. The normalized spacial score (nSPS) is 16.3. The second-order valence-corrected chi connectivity index (χ2v) is 5.07. The summed E-state index contributed by atoms with van der Waals surface area (Å²) in [5.74, 6) is -0.552. The third-order valence-electron chi connectivity index (χ3n) is 3.23. The lowest BCUT2D eigenvalue weighted by Crippen LogP contribution is -2.33. The zero-order valence-corrected chi connectivity index (χ0v) is 11.5. The molecule has 1 aliphatic rings. The first-order valence-corrected chi connectivity index (χ1v) is 6.90. The number of anilines is 1. The molecule has 0 spiro atoms. The number of carboxylic acid groups (broad SMARTS) is 1. The van der Waals surface area contributed by atoms with E-state index in [-0.39, 0.29) is 10.7 Å². The predicted octanol–water partition coefficient (Wildman–Crippen LogP) is 2.33. The minimum atomic E-state index is -1.11. The van der Waals surface area contributed by atoms with Crippen molar-refractivity contribution in [2.75, 3.05) is 31.5 Å². The molecule has 19 heavy (non-hydrogen) atoms. The lowest BCUT2D eigenvalue weighted by Gasteiger charge is -2.26. The van der Waals surface area contributed by atoms with E-state index >= 15 is 0 Å². The van der Waals surface area contributed by atoms with Gasteiger partial charge in [-0.2, -0.15) is 0 Å². The van der Waals surface area contributed by atoms with Crippen LogP contribution in [-0.2, 0) is 0 Å². The quantitative estimate of drug-likeness (QED) is 0.868. The van der Waals surface area contributed by atoms with Gasteiger partial charge in [0.25, 0.3) is 0 Å². The zero-order valence-electron chi connectivity index (χ0n) is 10.7. The molecule has 0 bridgehead atoms. The highest BCUT2D eigenvalue weighted by Crippen LogP contribution is 2.16. The molecule has 2 N–H and O–H groups in total. The summed E-state index contributed by atoms with van der Waals surface area (Å²) in [4.78, 5) is 17.3. The van der Waals surface area contributed by atoms with Crippen molar-refractivity contribution in [2.45, 2.75) is 19.3 Å². The second-order valence-electron chi connectivity index (χ2n) is 4.66. The fraction of sp³-hybridized carbons (Fsp3) is 0.538. The Labute approximate surface area is 117 Å². The molecule has 0 aromatic carbocycles. The van der Waals surface area contributed by atoms with Gasteiger partial charge in [-0.15, -0.1) is 0 Å². The number of piperidine rings is 1. The number of likely N-dealkylation sites (tertiary alicyclic amines) is 1. The van der Waals surface area contributed by atoms with Crippen LogP contribution in [0.25, 0.3) is 0 Å². The first-order chi connectivity index (χ1) is 9.16. The highest BCUT2D eigenvalue weighted by Gasteiger charge is 2.12. The predicted molar refractivity (Wildman–Crippen MR) is 75.0 cm³/mol. The monoisotopic (exact) mass is 283 g/mol. The van der Waals surface area contributed by atoms with Gasteiger partial charge in [0.05, 0.1) is 5.02 Å². The van der Waals surface area contributed by atoms with Gasteiger partial charge < -0.3 is 15.3 Å². The molecule has 0 unspecified atom stereocenters. The number of halogens is 1. The maximum absolute atomic E-state index is 10.9. The number of rotatable bonds is 5. The van der Waals surface area contributed by atoms with Gasteiger partial charge in [0.2, 0.25) is 0 Å². The van der Waals surface area contributed by atoms with Crippen LogP contribution in [0, 0.1) is 0 Å². The molecular formula is C13H18ClN3O2. The summed E-state index contributed by atoms with van der Waals surface area (Å²) in [6.07, 6.45) is 3.86. The van der Waals surface area contributed by atoms with Crippen LogP contribution in [0.3, 0.4) is 0 Å². The molecule has 1 aromatic rings. The van der Waals surface area contributed by atoms with Crippen LogP contribution in [0.2, 0.25) is 5.02 Å². The molecule has 1 aliphatic heterocycles. The van der Waals surface area contributed by atoms with Crippen molar-refractivity contribution in [1.82, 2.24) is 9.88 Å². The zero-order chi connectivity index (χ0) is 13.7. The summed E-state index contributed by atoms with van der Waals surface area (Å²) in [7, 11) is 0. The van der Waals surface area contributed by atoms with Crippen molar-refractivity contribution in [3.8, 4) is 0 Å². The SMILES string of the molecule is O=C(O)c1nc(NCCN2CCCCC2)ccc1Cl. The number of hydrogen-bond donors (Lipinski definition) is 2. The standard InChI is InChI=1S/C13H18ClN3O2/c14-10-4-5-11(16-12(10)13(18)19)15-6-9-17-7-2-1-3-8-17/h4-5H,1-3,6-9H2,(H,15,16)(H,18,19). The first kappa shape index (κ1) is 14.1. The molecule has 6 heteroatoms. The second kappa shape index (κ2) is 6.73. The van der Waals surface area contributed by atoms with E-state index in [0.717, 1.165) is 26.2 Å². The molecule has 1 aromatic heterocycles. The molecule has 0 saturated carbocycles. The van der Waals surface area contributed by atoms with Gasteiger partial charge in [0.1, 0.15) is 5.82 Å². The van der Waals surface area contributed by atoms with E-state index in [1.165, 1.54) is 19.3 Å². The Bertz CT molecular complexity index is 448. The fourth-order valence-corrected chi connectivity index (χ4v) is 2.40. The fourth-order valence-electron chi connectivity index (χ4n) is 2.22. The molecule has 0 atom stereocenters. The van der Waals surface area contributed by atoms with Crippen LogP contribution in [0.1, 0.15) is 29.8 Å². The van der Waals surface area contributed by atoms with Crippen LogP contribution < -0.4 is 5.32 Å². The van der Waals surface area contributed by atoms with Gasteiger partial charge in [0.15, 0.2) is 5.69 Å². The molecule has 2 rings (SSSR count). The summed E-state index contributed by atoms with van der Waals surface area (Å²) in [6, 6.07) is 3.26. The first-order valence-electron chi connectivity index (χ1n) is 6.53. The van der Waals surface area contributed by atoms with E-state index in [4.69, 9.17) is 16.7 Å². The molecule has 0 amide bonds. The Balaban J connectivity index is 1.85. The van der Waals surface area contributed by atoms with Crippen molar-refractivity contribution in [3.05, 3.63) is 22.8 Å². The number of carboxylic acids is 1.